The number of para-hydroxylation sites is 1. The van der Waals surface area contributed by atoms with E-state index in [9.17, 15) is 9.59 Å². The third-order valence-corrected chi connectivity index (χ3v) is 6.20. The number of carbonyl (C=O) groups is 2. The zero-order chi connectivity index (χ0) is 32.0. The van der Waals surface area contributed by atoms with Gasteiger partial charge in [-0.1, -0.05) is 55.6 Å². The molecular formula is C35H36N4O6. The van der Waals surface area contributed by atoms with Gasteiger partial charge in [0.2, 0.25) is 5.95 Å². The van der Waals surface area contributed by atoms with Gasteiger partial charge in [-0.05, 0) is 61.4 Å². The minimum absolute atomic E-state index is 0.140. The Morgan fingerprint density at radius 2 is 1.07 bits per heavy atom. The van der Waals surface area contributed by atoms with Crippen LogP contribution in [0.5, 0.6) is 11.5 Å². The molecule has 0 saturated carbocycles. The van der Waals surface area contributed by atoms with Crippen molar-refractivity contribution in [1.82, 2.24) is 15.0 Å². The number of anilines is 2. The largest absolute Gasteiger partial charge is 0.490 e. The summed E-state index contributed by atoms with van der Waals surface area (Å²) < 4.78 is 21.5. The molecule has 0 atom stereocenters. The van der Waals surface area contributed by atoms with Gasteiger partial charge in [0, 0.05) is 29.7 Å². The lowest BCUT2D eigenvalue weighted by atomic mass is 10.1. The molecule has 4 rings (SSSR count). The number of benzene rings is 3. The number of esters is 2. The van der Waals surface area contributed by atoms with E-state index in [1.165, 1.54) is 0 Å². The first kappa shape index (κ1) is 32.4. The van der Waals surface area contributed by atoms with Gasteiger partial charge in [0.1, 0.15) is 49.6 Å². The fourth-order valence-corrected chi connectivity index (χ4v) is 3.94. The number of aromatic nitrogens is 3. The van der Waals surface area contributed by atoms with Crippen molar-refractivity contribution in [3.05, 3.63) is 126 Å². The van der Waals surface area contributed by atoms with Crippen molar-refractivity contribution in [3.8, 4) is 11.5 Å². The SMILES string of the molecule is C=C(C)C(=O)OCCOc1ccc(Cc2nc(Cc3ccc(OCCOC(=O)C(=C)C)cc3)nc(Nc3ccccc3)n2)cc1. The van der Waals surface area contributed by atoms with Gasteiger partial charge in [-0.25, -0.2) is 14.6 Å². The van der Waals surface area contributed by atoms with Crippen LogP contribution in [0.2, 0.25) is 0 Å². The molecule has 0 aliphatic rings. The summed E-state index contributed by atoms with van der Waals surface area (Å²) in [6, 6.07) is 24.9. The Morgan fingerprint density at radius 3 is 1.49 bits per heavy atom. The summed E-state index contributed by atoms with van der Waals surface area (Å²) in [6.07, 6.45) is 0.969. The molecule has 0 fully saturated rings. The molecular weight excluding hydrogens is 572 g/mol. The van der Waals surface area contributed by atoms with E-state index in [-0.39, 0.29) is 26.4 Å². The Balaban J connectivity index is 1.40. The maximum absolute atomic E-state index is 11.5. The van der Waals surface area contributed by atoms with Gasteiger partial charge < -0.3 is 24.3 Å². The maximum atomic E-state index is 11.5. The van der Waals surface area contributed by atoms with E-state index >= 15 is 0 Å². The smallest absolute Gasteiger partial charge is 0.333 e. The molecule has 1 aromatic heterocycles. The predicted octanol–water partition coefficient (Wildman–Crippen LogP) is 5.79. The van der Waals surface area contributed by atoms with Gasteiger partial charge in [-0.2, -0.15) is 9.97 Å². The van der Waals surface area contributed by atoms with Gasteiger partial charge in [-0.3, -0.25) is 0 Å². The van der Waals surface area contributed by atoms with E-state index in [4.69, 9.17) is 23.9 Å². The molecule has 10 nitrogen and oxygen atoms in total. The monoisotopic (exact) mass is 608 g/mol. The number of nitrogens with one attached hydrogen (secondary N) is 1. The quantitative estimate of drug-likeness (QED) is 0.0950. The van der Waals surface area contributed by atoms with E-state index in [0.717, 1.165) is 16.8 Å². The zero-order valence-electron chi connectivity index (χ0n) is 25.5. The molecule has 4 aromatic rings. The van der Waals surface area contributed by atoms with Crippen molar-refractivity contribution in [3.63, 3.8) is 0 Å². The Labute approximate surface area is 262 Å². The molecule has 0 unspecified atom stereocenters. The Kier molecular flexibility index (Phi) is 11.8. The first-order valence-electron chi connectivity index (χ1n) is 14.4. The number of nitrogens with zero attached hydrogens (tertiary/aromatic N) is 3. The van der Waals surface area contributed by atoms with Gasteiger partial charge in [0.15, 0.2) is 0 Å². The normalized spacial score (nSPS) is 10.4. The molecule has 1 heterocycles. The van der Waals surface area contributed by atoms with Crippen LogP contribution in [0, 0.1) is 0 Å². The third kappa shape index (κ3) is 10.9. The second-order valence-electron chi connectivity index (χ2n) is 10.2. The second-order valence-corrected chi connectivity index (χ2v) is 10.2. The van der Waals surface area contributed by atoms with Crippen LogP contribution >= 0.6 is 0 Å². The van der Waals surface area contributed by atoms with Crippen LogP contribution < -0.4 is 14.8 Å². The predicted molar refractivity (Wildman–Crippen MR) is 171 cm³/mol. The highest BCUT2D eigenvalue weighted by Gasteiger charge is 2.11. The van der Waals surface area contributed by atoms with Crippen molar-refractivity contribution in [2.45, 2.75) is 26.7 Å². The first-order chi connectivity index (χ1) is 21.7. The Morgan fingerprint density at radius 1 is 0.622 bits per heavy atom. The summed E-state index contributed by atoms with van der Waals surface area (Å²) in [5.41, 5.74) is 3.56. The fraction of sp³-hybridized carbons (Fsp3) is 0.229. The molecule has 3 aromatic carbocycles. The number of rotatable bonds is 16. The van der Waals surface area contributed by atoms with Crippen molar-refractivity contribution in [1.29, 1.82) is 0 Å². The van der Waals surface area contributed by atoms with Crippen LogP contribution in [0.4, 0.5) is 11.6 Å². The molecule has 1 N–H and O–H groups in total. The first-order valence-corrected chi connectivity index (χ1v) is 14.4. The van der Waals surface area contributed by atoms with Crippen molar-refractivity contribution >= 4 is 23.6 Å². The highest BCUT2D eigenvalue weighted by molar-refractivity contribution is 5.87. The highest BCUT2D eigenvalue weighted by Crippen LogP contribution is 2.19. The maximum Gasteiger partial charge on any atom is 0.333 e. The standard InChI is InChI=1S/C35H36N4O6/c1-24(2)33(40)44-20-18-42-29-14-10-26(11-15-29)22-31-37-32(39-35(38-31)36-28-8-6-5-7-9-28)23-27-12-16-30(17-13-27)43-19-21-45-34(41)25(3)4/h5-17H,1,3,18-23H2,2,4H3,(H,36,37,38,39). The lowest BCUT2D eigenvalue weighted by Gasteiger charge is -2.11. The average Bonchev–Trinajstić information content (AvgIpc) is 3.03. The molecule has 0 aliphatic carbocycles. The zero-order valence-corrected chi connectivity index (χ0v) is 25.5. The molecule has 0 spiro atoms. The summed E-state index contributed by atoms with van der Waals surface area (Å²) in [6.45, 7) is 11.1. The summed E-state index contributed by atoms with van der Waals surface area (Å²) in [4.78, 5) is 37.1. The summed E-state index contributed by atoms with van der Waals surface area (Å²) in [5.74, 6) is 2.13. The molecule has 0 saturated heterocycles. The van der Waals surface area contributed by atoms with Crippen molar-refractivity contribution in [2.75, 3.05) is 31.7 Å². The average molecular weight is 609 g/mol. The van der Waals surface area contributed by atoms with Gasteiger partial charge in [0.25, 0.3) is 0 Å². The Bertz CT molecular complexity index is 1510. The molecule has 10 heteroatoms. The minimum atomic E-state index is -0.437. The van der Waals surface area contributed by atoms with Crippen LogP contribution in [0.25, 0.3) is 0 Å². The number of hydrogen-bond donors (Lipinski definition) is 1. The molecule has 45 heavy (non-hydrogen) atoms. The number of carbonyl (C=O) groups excluding carboxylic acids is 2. The van der Waals surface area contributed by atoms with Crippen LogP contribution in [0.3, 0.4) is 0 Å². The minimum Gasteiger partial charge on any atom is -0.490 e. The summed E-state index contributed by atoms with van der Waals surface area (Å²) >= 11 is 0. The van der Waals surface area contributed by atoms with Crippen molar-refractivity contribution in [2.24, 2.45) is 0 Å². The van der Waals surface area contributed by atoms with Crippen LogP contribution in [-0.4, -0.2) is 53.3 Å². The van der Waals surface area contributed by atoms with Crippen LogP contribution in [0.1, 0.15) is 36.6 Å². The lowest BCUT2D eigenvalue weighted by molar-refractivity contribution is -0.140. The third-order valence-electron chi connectivity index (χ3n) is 6.20. The number of ether oxygens (including phenoxy) is 4. The van der Waals surface area contributed by atoms with Crippen molar-refractivity contribution < 1.29 is 28.5 Å². The van der Waals surface area contributed by atoms with Crippen LogP contribution in [0.15, 0.2) is 103 Å². The molecule has 0 amide bonds. The van der Waals surface area contributed by atoms with E-state index in [1.807, 2.05) is 78.9 Å². The van der Waals surface area contributed by atoms with Gasteiger partial charge in [-0.15, -0.1) is 0 Å². The second kappa shape index (κ2) is 16.4. The Hall–Kier alpha value is -5.51. The molecule has 0 radical (unpaired) electrons. The fourth-order valence-electron chi connectivity index (χ4n) is 3.94. The van der Waals surface area contributed by atoms with E-state index < -0.39 is 11.9 Å². The summed E-state index contributed by atoms with van der Waals surface area (Å²) in [7, 11) is 0. The van der Waals surface area contributed by atoms with E-state index in [2.05, 4.69) is 28.4 Å². The topological polar surface area (TPSA) is 122 Å². The van der Waals surface area contributed by atoms with E-state index in [0.29, 0.717) is 53.1 Å². The number of hydrogen-bond acceptors (Lipinski definition) is 10. The molecule has 0 bridgehead atoms. The molecule has 0 aliphatic heterocycles. The van der Waals surface area contributed by atoms with Gasteiger partial charge >= 0.3 is 11.9 Å². The highest BCUT2D eigenvalue weighted by atomic mass is 16.6. The summed E-state index contributed by atoms with van der Waals surface area (Å²) in [5, 5.41) is 3.28. The van der Waals surface area contributed by atoms with Gasteiger partial charge in [0.05, 0.1) is 0 Å². The van der Waals surface area contributed by atoms with E-state index in [1.54, 1.807) is 13.8 Å². The lowest BCUT2D eigenvalue weighted by Crippen LogP contribution is -2.12. The van der Waals surface area contributed by atoms with Crippen LogP contribution in [-0.2, 0) is 31.9 Å². The molecule has 232 valence electrons.